The Morgan fingerprint density at radius 3 is 2.76 bits per heavy atom. The quantitative estimate of drug-likeness (QED) is 0.830. The summed E-state index contributed by atoms with van der Waals surface area (Å²) in [5, 5.41) is 9.42. The lowest BCUT2D eigenvalue weighted by Gasteiger charge is -2.37. The van der Waals surface area contributed by atoms with E-state index in [1.165, 1.54) is 0 Å². The summed E-state index contributed by atoms with van der Waals surface area (Å²) in [7, 11) is 0. The van der Waals surface area contributed by atoms with E-state index in [-0.39, 0.29) is 11.9 Å². The molecule has 5 heteroatoms. The number of aromatic nitrogens is 1. The predicted octanol–water partition coefficient (Wildman–Crippen LogP) is 1.98. The van der Waals surface area contributed by atoms with Gasteiger partial charge in [0.2, 0.25) is 5.91 Å². The van der Waals surface area contributed by atoms with Crippen LogP contribution in [0.25, 0.3) is 0 Å². The van der Waals surface area contributed by atoms with Crippen LogP contribution in [0.5, 0.6) is 0 Å². The highest BCUT2D eigenvalue weighted by Crippen LogP contribution is 2.20. The van der Waals surface area contributed by atoms with E-state index in [0.29, 0.717) is 19.5 Å². The highest BCUT2D eigenvalue weighted by Gasteiger charge is 2.26. The lowest BCUT2D eigenvalue weighted by Crippen LogP contribution is -2.49. The van der Waals surface area contributed by atoms with Crippen LogP contribution in [0.3, 0.4) is 0 Å². The molecule has 1 aromatic rings. The topological polar surface area (TPSA) is 60.2 Å². The lowest BCUT2D eigenvalue weighted by atomic mass is 10.1. The maximum absolute atomic E-state index is 12.0. The molecule has 2 rings (SSSR count). The normalized spacial score (nSPS) is 17.2. The Morgan fingerprint density at radius 2 is 2.19 bits per heavy atom. The van der Waals surface area contributed by atoms with Crippen molar-refractivity contribution in [2.75, 3.05) is 26.2 Å². The number of unbranched alkanes of at least 4 members (excludes halogenated alkanes) is 1. The molecule has 0 saturated carbocycles. The fourth-order valence-corrected chi connectivity index (χ4v) is 2.62. The molecule has 0 aliphatic carbocycles. The molecule has 1 amide bonds. The van der Waals surface area contributed by atoms with E-state index in [2.05, 4.69) is 22.9 Å². The van der Waals surface area contributed by atoms with E-state index in [1.54, 1.807) is 12.4 Å². The van der Waals surface area contributed by atoms with Gasteiger partial charge in [0.05, 0.1) is 6.07 Å². The van der Waals surface area contributed by atoms with E-state index >= 15 is 0 Å². The van der Waals surface area contributed by atoms with Gasteiger partial charge in [-0.25, -0.2) is 0 Å². The summed E-state index contributed by atoms with van der Waals surface area (Å²) in [5.41, 5.74) is 0.922. The van der Waals surface area contributed by atoms with Crippen LogP contribution in [0.1, 0.15) is 37.8 Å². The van der Waals surface area contributed by atoms with Gasteiger partial charge in [0, 0.05) is 50.6 Å². The van der Waals surface area contributed by atoms with Gasteiger partial charge in [-0.15, -0.1) is 0 Å². The number of nitriles is 1. The van der Waals surface area contributed by atoms with E-state index in [1.807, 2.05) is 17.0 Å². The minimum absolute atomic E-state index is 0.242. The van der Waals surface area contributed by atoms with E-state index < -0.39 is 0 Å². The molecule has 21 heavy (non-hydrogen) atoms. The number of nitrogens with zero attached hydrogens (tertiary/aromatic N) is 4. The Balaban J connectivity index is 1.91. The molecule has 0 aromatic carbocycles. The molecule has 0 unspecified atom stereocenters. The lowest BCUT2D eigenvalue weighted by molar-refractivity contribution is -0.133. The van der Waals surface area contributed by atoms with Gasteiger partial charge in [0.1, 0.15) is 6.04 Å². The number of hydrogen-bond acceptors (Lipinski definition) is 4. The van der Waals surface area contributed by atoms with Crippen molar-refractivity contribution in [3.8, 4) is 6.07 Å². The van der Waals surface area contributed by atoms with Crippen molar-refractivity contribution < 1.29 is 4.79 Å². The van der Waals surface area contributed by atoms with Crippen LogP contribution >= 0.6 is 0 Å². The molecule has 1 aliphatic heterocycles. The Morgan fingerprint density at radius 1 is 1.43 bits per heavy atom. The number of carbonyl (C=O) groups excluding carboxylic acids is 1. The minimum Gasteiger partial charge on any atom is -0.340 e. The fraction of sp³-hybridized carbons (Fsp3) is 0.562. The van der Waals surface area contributed by atoms with Crippen molar-refractivity contribution >= 4 is 5.91 Å². The van der Waals surface area contributed by atoms with Gasteiger partial charge in [-0.1, -0.05) is 19.4 Å². The van der Waals surface area contributed by atoms with E-state index in [0.717, 1.165) is 31.5 Å². The van der Waals surface area contributed by atoms with Gasteiger partial charge in [-0.05, 0) is 12.5 Å². The zero-order valence-electron chi connectivity index (χ0n) is 12.5. The Labute approximate surface area is 126 Å². The smallest absolute Gasteiger partial charge is 0.222 e. The second-order valence-corrected chi connectivity index (χ2v) is 5.34. The number of carbonyl (C=O) groups is 1. The molecule has 1 atom stereocenters. The molecular formula is C16H22N4O. The van der Waals surface area contributed by atoms with Crippen LogP contribution < -0.4 is 0 Å². The zero-order chi connectivity index (χ0) is 15.1. The Bertz CT molecular complexity index is 489. The molecule has 0 bridgehead atoms. The highest BCUT2D eigenvalue weighted by atomic mass is 16.2. The second-order valence-electron chi connectivity index (χ2n) is 5.34. The van der Waals surface area contributed by atoms with E-state index in [9.17, 15) is 10.1 Å². The molecule has 5 nitrogen and oxygen atoms in total. The number of piperazine rings is 1. The largest absolute Gasteiger partial charge is 0.340 e. The van der Waals surface area contributed by atoms with Crippen molar-refractivity contribution in [1.82, 2.24) is 14.8 Å². The molecule has 1 aliphatic rings. The van der Waals surface area contributed by atoms with Gasteiger partial charge in [0.25, 0.3) is 0 Å². The molecule has 1 aromatic heterocycles. The molecule has 0 spiro atoms. The summed E-state index contributed by atoms with van der Waals surface area (Å²) in [5.74, 6) is 0.242. The molecular weight excluding hydrogens is 264 g/mol. The third kappa shape index (κ3) is 4.02. The van der Waals surface area contributed by atoms with Gasteiger partial charge >= 0.3 is 0 Å². The minimum atomic E-state index is -0.272. The average Bonchev–Trinajstić information content (AvgIpc) is 2.55. The van der Waals surface area contributed by atoms with Gasteiger partial charge < -0.3 is 4.90 Å². The highest BCUT2D eigenvalue weighted by molar-refractivity contribution is 5.76. The molecule has 2 heterocycles. The predicted molar refractivity (Wildman–Crippen MR) is 80.3 cm³/mol. The first-order valence-electron chi connectivity index (χ1n) is 7.57. The van der Waals surface area contributed by atoms with Crippen LogP contribution in [0.2, 0.25) is 0 Å². The molecule has 0 radical (unpaired) electrons. The third-order valence-electron chi connectivity index (χ3n) is 3.90. The summed E-state index contributed by atoms with van der Waals surface area (Å²) < 4.78 is 0. The summed E-state index contributed by atoms with van der Waals surface area (Å²) in [4.78, 5) is 20.1. The summed E-state index contributed by atoms with van der Waals surface area (Å²) in [6, 6.07) is 5.86. The zero-order valence-corrected chi connectivity index (χ0v) is 12.5. The van der Waals surface area contributed by atoms with Crippen LogP contribution in [0.4, 0.5) is 0 Å². The number of amides is 1. The van der Waals surface area contributed by atoms with Crippen molar-refractivity contribution in [1.29, 1.82) is 5.26 Å². The standard InChI is InChI=1S/C16H22N4O/c1-2-3-6-16(21)20-10-8-19(9-11-20)15(12-17)14-5-4-7-18-13-14/h4-5,7,13,15H,2-3,6,8-11H2,1H3/t15-/m0/s1. The monoisotopic (exact) mass is 286 g/mol. The van der Waals surface area contributed by atoms with Crippen LogP contribution in [0, 0.1) is 11.3 Å². The van der Waals surface area contributed by atoms with Crippen molar-refractivity contribution in [2.45, 2.75) is 32.2 Å². The first-order chi connectivity index (χ1) is 10.3. The first-order valence-corrected chi connectivity index (χ1v) is 7.57. The van der Waals surface area contributed by atoms with E-state index in [4.69, 9.17) is 0 Å². The van der Waals surface area contributed by atoms with Crippen LogP contribution in [-0.2, 0) is 4.79 Å². The first kappa shape index (κ1) is 15.5. The molecule has 112 valence electrons. The Hall–Kier alpha value is -1.93. The summed E-state index contributed by atoms with van der Waals surface area (Å²) >= 11 is 0. The summed E-state index contributed by atoms with van der Waals surface area (Å²) in [6.45, 7) is 4.99. The van der Waals surface area contributed by atoms with Crippen LogP contribution in [-0.4, -0.2) is 46.9 Å². The fourth-order valence-electron chi connectivity index (χ4n) is 2.62. The molecule has 0 N–H and O–H groups in total. The summed E-state index contributed by atoms with van der Waals surface area (Å²) in [6.07, 6.45) is 6.09. The molecule has 1 fully saturated rings. The maximum Gasteiger partial charge on any atom is 0.222 e. The van der Waals surface area contributed by atoms with Gasteiger partial charge in [-0.2, -0.15) is 5.26 Å². The van der Waals surface area contributed by atoms with Crippen molar-refractivity contribution in [3.05, 3.63) is 30.1 Å². The number of rotatable bonds is 5. The van der Waals surface area contributed by atoms with Crippen molar-refractivity contribution in [2.24, 2.45) is 0 Å². The number of pyridine rings is 1. The number of hydrogen-bond donors (Lipinski definition) is 0. The average molecular weight is 286 g/mol. The Kier molecular flexibility index (Phi) is 5.70. The third-order valence-corrected chi connectivity index (χ3v) is 3.90. The SMILES string of the molecule is CCCCC(=O)N1CCN([C@@H](C#N)c2cccnc2)CC1. The van der Waals surface area contributed by atoms with Gasteiger partial charge in [-0.3, -0.25) is 14.7 Å². The second kappa shape index (κ2) is 7.75. The molecule has 1 saturated heterocycles. The van der Waals surface area contributed by atoms with Crippen molar-refractivity contribution in [3.63, 3.8) is 0 Å². The van der Waals surface area contributed by atoms with Gasteiger partial charge in [0.15, 0.2) is 0 Å². The maximum atomic E-state index is 12.0. The van der Waals surface area contributed by atoms with Crippen LogP contribution in [0.15, 0.2) is 24.5 Å².